The van der Waals surface area contributed by atoms with Gasteiger partial charge in [0.05, 0.1) is 5.75 Å². The Kier molecular flexibility index (Phi) is 10.4. The van der Waals surface area contributed by atoms with Crippen LogP contribution in [-0.4, -0.2) is 67.8 Å². The van der Waals surface area contributed by atoms with E-state index in [1.165, 1.54) is 24.8 Å². The molecule has 1 aromatic rings. The number of ether oxygens (including phenoxy) is 1. The zero-order valence-corrected chi connectivity index (χ0v) is 21.7. The van der Waals surface area contributed by atoms with Crippen molar-refractivity contribution in [3.8, 4) is 0 Å². The fourth-order valence-corrected chi connectivity index (χ4v) is 6.52. The number of anilines is 1. The number of rotatable bonds is 12. The molecule has 2 saturated heterocycles. The van der Waals surface area contributed by atoms with Gasteiger partial charge in [0.1, 0.15) is 0 Å². The summed E-state index contributed by atoms with van der Waals surface area (Å²) in [5, 5.41) is 0. The van der Waals surface area contributed by atoms with Crippen LogP contribution in [0.2, 0.25) is 0 Å². The Morgan fingerprint density at radius 1 is 1.03 bits per heavy atom. The second-order valence-electron chi connectivity index (χ2n) is 10.3. The first kappa shape index (κ1) is 26.4. The summed E-state index contributed by atoms with van der Waals surface area (Å²) in [7, 11) is -3.05. The highest BCUT2D eigenvalue weighted by Gasteiger charge is 2.27. The van der Waals surface area contributed by atoms with Gasteiger partial charge in [-0.2, -0.15) is 0 Å². The largest absolute Gasteiger partial charge is 0.381 e. The minimum atomic E-state index is -3.05. The Balaban J connectivity index is 1.25. The molecule has 2 fully saturated rings. The summed E-state index contributed by atoms with van der Waals surface area (Å²) in [5.41, 5.74) is 1.22. The standard InChI is InChI=1S/C25H44N4O3S/c1-4-16-33(30,31)29-13-9-23(10-14-29)20-32-15-5-6-22-7-11-28(12-8-22)25-26-18-24(19-27-25)17-21(2)3/h18-19,21-23H,4-17,20H2,1-3H3. The van der Waals surface area contributed by atoms with E-state index in [0.717, 1.165) is 63.9 Å². The third kappa shape index (κ3) is 8.48. The second-order valence-corrected chi connectivity index (χ2v) is 12.4. The van der Waals surface area contributed by atoms with Gasteiger partial charge in [-0.15, -0.1) is 0 Å². The first-order valence-electron chi connectivity index (χ1n) is 13.0. The van der Waals surface area contributed by atoms with Crippen LogP contribution in [0.1, 0.15) is 71.3 Å². The number of piperidine rings is 2. The predicted molar refractivity (Wildman–Crippen MR) is 134 cm³/mol. The molecule has 1 aromatic heterocycles. The summed E-state index contributed by atoms with van der Waals surface area (Å²) in [6, 6.07) is 0. The van der Waals surface area contributed by atoms with E-state index in [-0.39, 0.29) is 5.75 Å². The molecule has 7 nitrogen and oxygen atoms in total. The third-order valence-corrected chi connectivity index (χ3v) is 8.99. The maximum atomic E-state index is 12.2. The molecule has 0 aromatic carbocycles. The smallest absolute Gasteiger partial charge is 0.225 e. The van der Waals surface area contributed by atoms with Crippen molar-refractivity contribution in [1.82, 2.24) is 14.3 Å². The van der Waals surface area contributed by atoms with Crippen molar-refractivity contribution >= 4 is 16.0 Å². The van der Waals surface area contributed by atoms with Gasteiger partial charge in [-0.3, -0.25) is 0 Å². The lowest BCUT2D eigenvalue weighted by Crippen LogP contribution is -2.40. The van der Waals surface area contributed by atoms with Gasteiger partial charge < -0.3 is 9.64 Å². The first-order valence-corrected chi connectivity index (χ1v) is 14.6. The SMILES string of the molecule is CCCS(=O)(=O)N1CCC(COCCCC2CCN(c3ncc(CC(C)C)cn3)CC2)CC1. The molecular weight excluding hydrogens is 436 g/mol. The van der Waals surface area contributed by atoms with Gasteiger partial charge in [-0.25, -0.2) is 22.7 Å². The zero-order valence-electron chi connectivity index (χ0n) is 20.9. The van der Waals surface area contributed by atoms with Crippen LogP contribution in [0.4, 0.5) is 5.95 Å². The van der Waals surface area contributed by atoms with Gasteiger partial charge in [-0.05, 0) is 74.7 Å². The highest BCUT2D eigenvalue weighted by Crippen LogP contribution is 2.25. The van der Waals surface area contributed by atoms with Crippen molar-refractivity contribution in [2.24, 2.45) is 17.8 Å². The summed E-state index contributed by atoms with van der Waals surface area (Å²) in [6.07, 6.45) is 12.2. The van der Waals surface area contributed by atoms with Gasteiger partial charge in [0.2, 0.25) is 16.0 Å². The lowest BCUT2D eigenvalue weighted by molar-refractivity contribution is 0.0746. The Bertz CT molecular complexity index is 784. The van der Waals surface area contributed by atoms with E-state index in [9.17, 15) is 8.42 Å². The summed E-state index contributed by atoms with van der Waals surface area (Å²) in [4.78, 5) is 11.5. The molecule has 3 rings (SSSR count). The fourth-order valence-electron chi connectivity index (χ4n) is 4.97. The molecule has 8 heteroatoms. The molecule has 0 bridgehead atoms. The van der Waals surface area contributed by atoms with Crippen molar-refractivity contribution in [2.45, 2.75) is 72.1 Å². The van der Waals surface area contributed by atoms with Crippen molar-refractivity contribution in [1.29, 1.82) is 0 Å². The Hall–Kier alpha value is -1.25. The molecule has 0 N–H and O–H groups in total. The second kappa shape index (κ2) is 13.0. The third-order valence-electron chi connectivity index (χ3n) is 6.92. The van der Waals surface area contributed by atoms with Crippen molar-refractivity contribution in [3.05, 3.63) is 18.0 Å². The number of hydrogen-bond acceptors (Lipinski definition) is 6. The zero-order chi connectivity index (χ0) is 23.7. The van der Waals surface area contributed by atoms with E-state index in [2.05, 4.69) is 28.7 Å². The van der Waals surface area contributed by atoms with Crippen LogP contribution in [0.15, 0.2) is 12.4 Å². The van der Waals surface area contributed by atoms with Crippen LogP contribution in [0.25, 0.3) is 0 Å². The summed E-state index contributed by atoms with van der Waals surface area (Å²) < 4.78 is 32.0. The van der Waals surface area contributed by atoms with Crippen LogP contribution in [0, 0.1) is 17.8 Å². The average molecular weight is 481 g/mol. The molecule has 0 spiro atoms. The van der Waals surface area contributed by atoms with Crippen molar-refractivity contribution < 1.29 is 13.2 Å². The summed E-state index contributed by atoms with van der Waals surface area (Å²) >= 11 is 0. The lowest BCUT2D eigenvalue weighted by Gasteiger charge is -2.32. The monoisotopic (exact) mass is 480 g/mol. The Morgan fingerprint density at radius 2 is 1.67 bits per heavy atom. The topological polar surface area (TPSA) is 75.6 Å². The molecule has 0 atom stereocenters. The van der Waals surface area contributed by atoms with Crippen molar-refractivity contribution in [3.63, 3.8) is 0 Å². The molecule has 0 saturated carbocycles. The van der Waals surface area contributed by atoms with Gasteiger partial charge in [0, 0.05) is 51.8 Å². The molecular formula is C25H44N4O3S. The summed E-state index contributed by atoms with van der Waals surface area (Å²) in [6.45, 7) is 11.3. The molecule has 2 aliphatic rings. The highest BCUT2D eigenvalue weighted by atomic mass is 32.2. The minimum absolute atomic E-state index is 0.269. The van der Waals surface area contributed by atoms with Crippen molar-refractivity contribution in [2.75, 3.05) is 50.0 Å². The van der Waals surface area contributed by atoms with E-state index in [4.69, 9.17) is 4.74 Å². The van der Waals surface area contributed by atoms with Gasteiger partial charge >= 0.3 is 0 Å². The molecule has 0 unspecified atom stereocenters. The van der Waals surface area contributed by atoms with Gasteiger partial charge in [0.25, 0.3) is 0 Å². The van der Waals surface area contributed by atoms with Gasteiger partial charge in [-0.1, -0.05) is 20.8 Å². The molecule has 0 aliphatic carbocycles. The molecule has 2 aliphatic heterocycles. The van der Waals surface area contributed by atoms with Crippen LogP contribution in [-0.2, 0) is 21.2 Å². The van der Waals surface area contributed by atoms with E-state index in [0.29, 0.717) is 31.3 Å². The Morgan fingerprint density at radius 3 is 2.27 bits per heavy atom. The quantitative estimate of drug-likeness (QED) is 0.419. The van der Waals surface area contributed by atoms with E-state index in [1.807, 2.05) is 19.3 Å². The maximum Gasteiger partial charge on any atom is 0.225 e. The molecule has 3 heterocycles. The Labute approximate surface area is 201 Å². The van der Waals surface area contributed by atoms with E-state index in [1.54, 1.807) is 4.31 Å². The molecule has 33 heavy (non-hydrogen) atoms. The normalized spacial score (nSPS) is 19.5. The number of nitrogens with zero attached hydrogens (tertiary/aromatic N) is 4. The van der Waals surface area contributed by atoms with Crippen LogP contribution >= 0.6 is 0 Å². The highest BCUT2D eigenvalue weighted by molar-refractivity contribution is 7.89. The number of hydrogen-bond donors (Lipinski definition) is 0. The number of sulfonamides is 1. The lowest BCUT2D eigenvalue weighted by atomic mass is 9.92. The molecule has 0 radical (unpaired) electrons. The first-order chi connectivity index (χ1) is 15.9. The average Bonchev–Trinajstić information content (AvgIpc) is 2.80. The molecule has 0 amide bonds. The fraction of sp³-hybridized carbons (Fsp3) is 0.840. The van der Waals surface area contributed by atoms with Crippen LogP contribution < -0.4 is 4.90 Å². The van der Waals surface area contributed by atoms with E-state index >= 15 is 0 Å². The number of aromatic nitrogens is 2. The molecule has 188 valence electrons. The summed E-state index contributed by atoms with van der Waals surface area (Å²) in [5.74, 6) is 3.02. The van der Waals surface area contributed by atoms with Crippen LogP contribution in [0.5, 0.6) is 0 Å². The minimum Gasteiger partial charge on any atom is -0.381 e. The van der Waals surface area contributed by atoms with Crippen LogP contribution in [0.3, 0.4) is 0 Å². The van der Waals surface area contributed by atoms with Gasteiger partial charge in [0.15, 0.2) is 0 Å². The predicted octanol–water partition coefficient (Wildman–Crippen LogP) is 4.14. The maximum absolute atomic E-state index is 12.2. The van der Waals surface area contributed by atoms with E-state index < -0.39 is 10.0 Å².